The highest BCUT2D eigenvalue weighted by Crippen LogP contribution is 2.36. The quantitative estimate of drug-likeness (QED) is 0.878. The normalized spacial score (nSPS) is 32.8. The second-order valence-electron chi connectivity index (χ2n) is 5.70. The molecule has 0 aromatic heterocycles. The van der Waals surface area contributed by atoms with Gasteiger partial charge in [-0.2, -0.15) is 0 Å². The van der Waals surface area contributed by atoms with Crippen LogP contribution < -0.4 is 10.6 Å². The number of hydrogen-bond acceptors (Lipinski definition) is 2. The fraction of sp³-hybridized carbons (Fsp3) is 0.467. The maximum atomic E-state index is 14.6. The number of nitrogens with one attached hydrogen (secondary N) is 2. The molecule has 1 aliphatic carbocycles. The highest BCUT2D eigenvalue weighted by molar-refractivity contribution is 5.91. The van der Waals surface area contributed by atoms with Gasteiger partial charge < -0.3 is 10.6 Å². The first kappa shape index (κ1) is 13.1. The van der Waals surface area contributed by atoms with Crippen molar-refractivity contribution in [2.45, 2.75) is 37.5 Å². The van der Waals surface area contributed by atoms with Crippen molar-refractivity contribution in [3.63, 3.8) is 0 Å². The predicted molar refractivity (Wildman–Crippen MR) is 71.5 cm³/mol. The van der Waals surface area contributed by atoms with Crippen LogP contribution in [0.15, 0.2) is 30.3 Å². The first-order valence-corrected chi connectivity index (χ1v) is 6.85. The van der Waals surface area contributed by atoms with E-state index in [4.69, 9.17) is 0 Å². The average molecular weight is 276 g/mol. The zero-order valence-electron chi connectivity index (χ0n) is 11.2. The molecule has 2 N–H and O–H groups in total. The van der Waals surface area contributed by atoms with Gasteiger partial charge in [-0.3, -0.25) is 9.59 Å². The van der Waals surface area contributed by atoms with Gasteiger partial charge in [-0.15, -0.1) is 0 Å². The highest BCUT2D eigenvalue weighted by atomic mass is 19.1. The Morgan fingerprint density at radius 2 is 2.00 bits per heavy atom. The van der Waals surface area contributed by atoms with Crippen LogP contribution in [0.1, 0.15) is 31.4 Å². The highest BCUT2D eigenvalue weighted by Gasteiger charge is 2.54. The van der Waals surface area contributed by atoms with E-state index in [1.165, 1.54) is 6.92 Å². The molecule has 20 heavy (non-hydrogen) atoms. The predicted octanol–water partition coefficient (Wildman–Crippen LogP) is 1.48. The van der Waals surface area contributed by atoms with Crippen molar-refractivity contribution in [1.82, 2.24) is 10.6 Å². The van der Waals surface area contributed by atoms with Gasteiger partial charge in [0.25, 0.3) is 5.91 Å². The maximum Gasteiger partial charge on any atom is 0.260 e. The summed E-state index contributed by atoms with van der Waals surface area (Å²) < 4.78 is 14.6. The van der Waals surface area contributed by atoms with Gasteiger partial charge in [-0.05, 0) is 25.3 Å². The van der Waals surface area contributed by atoms with E-state index >= 15 is 0 Å². The average Bonchev–Trinajstić information content (AvgIpc) is 3.24. The van der Waals surface area contributed by atoms with Gasteiger partial charge >= 0.3 is 0 Å². The third kappa shape index (κ3) is 2.17. The Balaban J connectivity index is 1.87. The molecule has 1 aromatic carbocycles. The minimum absolute atomic E-state index is 0.0158. The molecule has 0 bridgehead atoms. The number of amides is 2. The molecule has 1 aromatic rings. The number of carbonyl (C=O) groups is 2. The van der Waals surface area contributed by atoms with Crippen molar-refractivity contribution in [3.8, 4) is 0 Å². The van der Waals surface area contributed by atoms with Crippen LogP contribution in [0, 0.1) is 5.92 Å². The van der Waals surface area contributed by atoms with Gasteiger partial charge in [0, 0.05) is 5.92 Å². The standard InChI is InChI=1S/C15H17FN2O2/c1-15(16)12(18-13(19)10-7-8-10)11(17-14(15)20)9-5-3-2-4-6-9/h2-6,10-12H,7-8H2,1H3,(H,17,20)(H,18,19)/t11?,12-,15?/m1/s1. The number of rotatable bonds is 3. The minimum Gasteiger partial charge on any atom is -0.347 e. The summed E-state index contributed by atoms with van der Waals surface area (Å²) in [5.41, 5.74) is -1.30. The Bertz CT molecular complexity index is 540. The van der Waals surface area contributed by atoms with Crippen molar-refractivity contribution < 1.29 is 14.0 Å². The molecule has 2 fully saturated rings. The fourth-order valence-electron chi connectivity index (χ4n) is 2.59. The number of benzene rings is 1. The van der Waals surface area contributed by atoms with Gasteiger partial charge in [-0.1, -0.05) is 30.3 Å². The maximum absolute atomic E-state index is 14.6. The number of alkyl halides is 1. The Morgan fingerprint density at radius 1 is 1.35 bits per heavy atom. The Hall–Kier alpha value is -1.91. The molecule has 4 nitrogen and oxygen atoms in total. The Kier molecular flexibility index (Phi) is 3.00. The van der Waals surface area contributed by atoms with Crippen molar-refractivity contribution in [1.29, 1.82) is 0 Å². The van der Waals surface area contributed by atoms with Gasteiger partial charge in [0.2, 0.25) is 11.6 Å². The first-order chi connectivity index (χ1) is 9.50. The lowest BCUT2D eigenvalue weighted by Gasteiger charge is -2.26. The van der Waals surface area contributed by atoms with E-state index in [0.717, 1.165) is 18.4 Å². The summed E-state index contributed by atoms with van der Waals surface area (Å²) in [5.74, 6) is -0.846. The smallest absolute Gasteiger partial charge is 0.260 e. The summed E-state index contributed by atoms with van der Waals surface area (Å²) in [7, 11) is 0. The van der Waals surface area contributed by atoms with E-state index < -0.39 is 23.7 Å². The summed E-state index contributed by atoms with van der Waals surface area (Å²) >= 11 is 0. The third-order valence-electron chi connectivity index (χ3n) is 4.05. The second-order valence-corrected chi connectivity index (χ2v) is 5.70. The number of carbonyl (C=O) groups excluding carboxylic acids is 2. The number of halogens is 1. The molecule has 2 unspecified atom stereocenters. The van der Waals surface area contributed by atoms with Gasteiger partial charge in [-0.25, -0.2) is 4.39 Å². The molecule has 2 amide bonds. The molecule has 1 saturated heterocycles. The van der Waals surface area contributed by atoms with Gasteiger partial charge in [0.05, 0.1) is 12.1 Å². The van der Waals surface area contributed by atoms with E-state index in [1.54, 1.807) is 0 Å². The van der Waals surface area contributed by atoms with E-state index in [2.05, 4.69) is 10.6 Å². The van der Waals surface area contributed by atoms with Crippen LogP contribution >= 0.6 is 0 Å². The molecule has 1 heterocycles. The van der Waals surface area contributed by atoms with Crippen LogP contribution in [-0.4, -0.2) is 23.5 Å². The zero-order valence-corrected chi connectivity index (χ0v) is 11.2. The SMILES string of the molecule is CC1(F)C(=O)NC(c2ccccc2)[C@H]1NC(=O)C1CC1. The Morgan fingerprint density at radius 3 is 2.60 bits per heavy atom. The Labute approximate surface area is 116 Å². The molecule has 2 aliphatic rings. The van der Waals surface area contributed by atoms with E-state index in [-0.39, 0.29) is 11.8 Å². The number of hydrogen-bond donors (Lipinski definition) is 2. The summed E-state index contributed by atoms with van der Waals surface area (Å²) in [4.78, 5) is 23.7. The third-order valence-corrected chi connectivity index (χ3v) is 4.05. The molecular formula is C15H17FN2O2. The topological polar surface area (TPSA) is 58.2 Å². The molecular weight excluding hydrogens is 259 g/mol. The summed E-state index contributed by atoms with van der Waals surface area (Å²) in [5, 5.41) is 5.36. The summed E-state index contributed by atoms with van der Waals surface area (Å²) in [6.45, 7) is 1.23. The lowest BCUT2D eigenvalue weighted by atomic mass is 9.92. The van der Waals surface area contributed by atoms with E-state index in [9.17, 15) is 14.0 Å². The zero-order chi connectivity index (χ0) is 14.3. The monoisotopic (exact) mass is 276 g/mol. The van der Waals surface area contributed by atoms with Crippen LogP contribution in [0.4, 0.5) is 4.39 Å². The van der Waals surface area contributed by atoms with Crippen molar-refractivity contribution in [2.75, 3.05) is 0 Å². The van der Waals surface area contributed by atoms with Crippen LogP contribution in [0.3, 0.4) is 0 Å². The molecule has 0 radical (unpaired) electrons. The molecule has 0 spiro atoms. The van der Waals surface area contributed by atoms with Crippen molar-refractivity contribution in [2.24, 2.45) is 5.92 Å². The molecule has 106 valence electrons. The van der Waals surface area contributed by atoms with Crippen LogP contribution in [0.2, 0.25) is 0 Å². The molecule has 1 saturated carbocycles. The van der Waals surface area contributed by atoms with E-state index in [1.807, 2.05) is 30.3 Å². The molecule has 3 rings (SSSR count). The molecule has 5 heteroatoms. The van der Waals surface area contributed by atoms with Gasteiger partial charge in [0.1, 0.15) is 0 Å². The second kappa shape index (κ2) is 4.58. The van der Waals surface area contributed by atoms with E-state index in [0.29, 0.717) is 0 Å². The van der Waals surface area contributed by atoms with Crippen LogP contribution in [0.25, 0.3) is 0 Å². The van der Waals surface area contributed by atoms with Gasteiger partial charge in [0.15, 0.2) is 0 Å². The van der Waals surface area contributed by atoms with Crippen molar-refractivity contribution in [3.05, 3.63) is 35.9 Å². The van der Waals surface area contributed by atoms with Crippen LogP contribution in [-0.2, 0) is 9.59 Å². The summed E-state index contributed by atoms with van der Waals surface area (Å²) in [6.07, 6.45) is 1.69. The molecule has 1 aliphatic heterocycles. The van der Waals surface area contributed by atoms with Crippen molar-refractivity contribution >= 4 is 11.8 Å². The fourth-order valence-corrected chi connectivity index (χ4v) is 2.59. The first-order valence-electron chi connectivity index (χ1n) is 6.85. The lowest BCUT2D eigenvalue weighted by Crippen LogP contribution is -2.50. The largest absolute Gasteiger partial charge is 0.347 e. The van der Waals surface area contributed by atoms with Crippen LogP contribution in [0.5, 0.6) is 0 Å². The minimum atomic E-state index is -2.09. The molecule has 3 atom stereocenters. The lowest BCUT2D eigenvalue weighted by molar-refractivity contribution is -0.130. The summed E-state index contributed by atoms with van der Waals surface area (Å²) in [6, 6.07) is 7.76.